The number of nitrogens with zero attached hydrogens (tertiary/aromatic N) is 16. The highest BCUT2D eigenvalue weighted by Gasteiger charge is 2.28. The second kappa shape index (κ2) is 28.7. The quantitative estimate of drug-likeness (QED) is 0.0881. The molecule has 0 spiro atoms. The van der Waals surface area contributed by atoms with Crippen molar-refractivity contribution in [2.75, 3.05) is 0 Å². The lowest BCUT2D eigenvalue weighted by Crippen LogP contribution is -2.06. The van der Waals surface area contributed by atoms with E-state index in [9.17, 15) is 5.26 Å². The Morgan fingerprint density at radius 3 is 0.711 bits per heavy atom. The lowest BCUT2D eigenvalue weighted by molar-refractivity contribution is 1.07. The zero-order valence-electron chi connectivity index (χ0n) is 60.6. The molecular weight excluding hydrogens is 1400 g/mol. The highest BCUT2D eigenvalue weighted by atomic mass is 15.1. The van der Waals surface area contributed by atoms with E-state index in [0.717, 1.165) is 116 Å². The first-order chi connectivity index (χ1) is 56.4. The Labute approximate surface area is 653 Å². The summed E-state index contributed by atoms with van der Waals surface area (Å²) >= 11 is 0. The number of hydrogen-bond acceptors (Lipinski definition) is 13. The molecule has 530 valence electrons. The first-order valence-electron chi connectivity index (χ1n) is 37.1. The van der Waals surface area contributed by atoms with Gasteiger partial charge in [-0.2, -0.15) is 5.26 Å². The van der Waals surface area contributed by atoms with Crippen molar-refractivity contribution < 1.29 is 0 Å². The molecule has 20 aromatic rings. The molecule has 6 aromatic heterocycles. The maximum Gasteiger partial charge on any atom is 0.187 e. The minimum atomic E-state index is 0.338. The van der Waals surface area contributed by atoms with Crippen LogP contribution in [-0.2, 0) is 0 Å². The summed E-state index contributed by atoms with van der Waals surface area (Å²) in [7, 11) is 0. The minimum Gasteiger partial charge on any atom is -0.308 e. The Balaban J connectivity index is 0.857. The summed E-state index contributed by atoms with van der Waals surface area (Å²) in [6.07, 6.45) is 0. The van der Waals surface area contributed by atoms with Crippen molar-refractivity contribution in [2.45, 2.75) is 0 Å². The zero-order valence-corrected chi connectivity index (χ0v) is 60.6. The van der Waals surface area contributed by atoms with Crippen molar-refractivity contribution in [3.63, 3.8) is 0 Å². The third-order valence-corrected chi connectivity index (χ3v) is 20.4. The van der Waals surface area contributed by atoms with Crippen LogP contribution in [0.1, 0.15) is 5.56 Å². The molecule has 20 rings (SSSR count). The number of fused-ring (bicyclic) bond motifs is 6. The number of aromatic nitrogens is 14. The first kappa shape index (κ1) is 67.1. The molecule has 0 radical (unpaired) electrons. The maximum absolute atomic E-state index is 12.7. The summed E-state index contributed by atoms with van der Waals surface area (Å²) in [5, 5.41) is 16.0. The SMILES string of the molecule is [C-]#[N+]c1cccc(-c2ccc(-n3c4ccc(-c5nc(-c6ccccc6)nc(-c6ccccc6)n5)cc4c4cc(-c5nc(-c6ccccc6)nc(-c6ccccc6)n5)ccc43)c(C#N)c2-n2c3ccc(-c4nc(-c5ccccc5)nc(-c5ccccc5)n4)cc3c3cc(-c4nc(-c5ccccc5)nc(-c5ccccc5)n4)ccc32)c1. The van der Waals surface area contributed by atoms with Gasteiger partial charge in [0.25, 0.3) is 0 Å². The van der Waals surface area contributed by atoms with Gasteiger partial charge in [0.1, 0.15) is 11.6 Å². The van der Waals surface area contributed by atoms with E-state index in [1.807, 2.05) is 291 Å². The van der Waals surface area contributed by atoms with Gasteiger partial charge in [0.2, 0.25) is 0 Å². The fourth-order valence-corrected chi connectivity index (χ4v) is 14.9. The van der Waals surface area contributed by atoms with Crippen LogP contribution in [0, 0.1) is 17.9 Å². The van der Waals surface area contributed by atoms with Crippen molar-refractivity contribution in [1.82, 2.24) is 68.9 Å². The van der Waals surface area contributed by atoms with Crippen LogP contribution in [0.15, 0.2) is 352 Å². The van der Waals surface area contributed by atoms with Crippen LogP contribution in [0.5, 0.6) is 0 Å². The predicted octanol–water partition coefficient (Wildman–Crippen LogP) is 22.7. The summed E-state index contributed by atoms with van der Waals surface area (Å²) in [5.74, 6) is 6.00. The van der Waals surface area contributed by atoms with Gasteiger partial charge in [0, 0.05) is 93.9 Å². The van der Waals surface area contributed by atoms with Gasteiger partial charge in [0.15, 0.2) is 75.6 Å². The zero-order chi connectivity index (χ0) is 76.0. The number of hydrogen-bond donors (Lipinski definition) is 0. The molecule has 0 atom stereocenters. The minimum absolute atomic E-state index is 0.338. The van der Waals surface area contributed by atoms with E-state index in [-0.39, 0.29) is 0 Å². The fourth-order valence-electron chi connectivity index (χ4n) is 14.9. The fraction of sp³-hybridized carbons (Fsp3) is 0. The number of benzene rings is 14. The smallest absolute Gasteiger partial charge is 0.187 e. The molecule has 6 heterocycles. The van der Waals surface area contributed by atoms with Gasteiger partial charge in [-0.3, -0.25) is 0 Å². The third-order valence-electron chi connectivity index (χ3n) is 20.4. The van der Waals surface area contributed by atoms with E-state index in [1.54, 1.807) is 6.07 Å². The molecule has 114 heavy (non-hydrogen) atoms. The monoisotopic (exact) mass is 1460 g/mol. The van der Waals surface area contributed by atoms with Crippen LogP contribution in [0.4, 0.5) is 5.69 Å². The molecule has 0 aliphatic heterocycles. The van der Waals surface area contributed by atoms with Gasteiger partial charge in [0.05, 0.1) is 40.0 Å². The molecule has 0 amide bonds. The summed E-state index contributed by atoms with van der Waals surface area (Å²) in [5.41, 5.74) is 16.0. The van der Waals surface area contributed by atoms with E-state index in [4.69, 9.17) is 66.4 Å². The van der Waals surface area contributed by atoms with E-state index >= 15 is 0 Å². The van der Waals surface area contributed by atoms with Gasteiger partial charge < -0.3 is 9.13 Å². The Kier molecular flexibility index (Phi) is 16.9. The average molecular weight is 1460 g/mol. The van der Waals surface area contributed by atoms with Gasteiger partial charge >= 0.3 is 0 Å². The normalized spacial score (nSPS) is 11.3. The molecule has 0 fully saturated rings. The van der Waals surface area contributed by atoms with Crippen molar-refractivity contribution in [3.8, 4) is 165 Å². The van der Waals surface area contributed by atoms with Crippen LogP contribution in [0.25, 0.3) is 208 Å². The van der Waals surface area contributed by atoms with Crippen LogP contribution < -0.4 is 0 Å². The van der Waals surface area contributed by atoms with E-state index in [2.05, 4.69) is 74.6 Å². The van der Waals surface area contributed by atoms with Gasteiger partial charge in [-0.05, 0) is 90.5 Å². The van der Waals surface area contributed by atoms with Gasteiger partial charge in [-0.25, -0.2) is 64.7 Å². The number of rotatable bonds is 15. The molecule has 16 nitrogen and oxygen atoms in total. The van der Waals surface area contributed by atoms with Crippen molar-refractivity contribution in [1.29, 1.82) is 5.26 Å². The van der Waals surface area contributed by atoms with Crippen LogP contribution in [0.3, 0.4) is 0 Å². The largest absolute Gasteiger partial charge is 0.308 e. The molecule has 14 aromatic carbocycles. The Morgan fingerprint density at radius 2 is 0.465 bits per heavy atom. The van der Waals surface area contributed by atoms with Crippen LogP contribution >= 0.6 is 0 Å². The summed E-state index contributed by atoms with van der Waals surface area (Å²) in [6, 6.07) is 119. The van der Waals surface area contributed by atoms with E-state index < -0.39 is 0 Å². The topological polar surface area (TPSA) is 193 Å². The molecule has 0 bridgehead atoms. The second-order valence-corrected chi connectivity index (χ2v) is 27.4. The molecule has 0 saturated heterocycles. The van der Waals surface area contributed by atoms with Crippen molar-refractivity contribution in [2.24, 2.45) is 0 Å². The molecule has 0 N–H and O–H groups in total. The Hall–Kier alpha value is -16.3. The summed E-state index contributed by atoms with van der Waals surface area (Å²) < 4.78 is 4.36. The molecule has 0 aliphatic carbocycles. The van der Waals surface area contributed by atoms with Crippen LogP contribution in [-0.4, -0.2) is 68.9 Å². The average Bonchev–Trinajstić information content (AvgIpc) is 1.55. The maximum atomic E-state index is 12.7. The predicted molar refractivity (Wildman–Crippen MR) is 450 cm³/mol. The number of nitriles is 1. The third kappa shape index (κ3) is 12.4. The lowest BCUT2D eigenvalue weighted by atomic mass is 9.97. The second-order valence-electron chi connectivity index (χ2n) is 27.4. The highest BCUT2D eigenvalue weighted by Crippen LogP contribution is 2.46. The van der Waals surface area contributed by atoms with Crippen LogP contribution in [0.2, 0.25) is 0 Å². The Morgan fingerprint density at radius 1 is 0.228 bits per heavy atom. The molecule has 0 unspecified atom stereocenters. The highest BCUT2D eigenvalue weighted by molar-refractivity contribution is 6.14. The van der Waals surface area contributed by atoms with Gasteiger partial charge in [-0.1, -0.05) is 267 Å². The van der Waals surface area contributed by atoms with Gasteiger partial charge in [-0.15, -0.1) is 0 Å². The Bertz CT molecular complexity index is 6620. The summed E-state index contributed by atoms with van der Waals surface area (Å²) in [4.78, 5) is 66.1. The van der Waals surface area contributed by atoms with E-state index in [0.29, 0.717) is 98.1 Å². The first-order valence-corrected chi connectivity index (χ1v) is 37.1. The van der Waals surface area contributed by atoms with Crippen molar-refractivity contribution in [3.05, 3.63) is 369 Å². The molecule has 0 aliphatic rings. The lowest BCUT2D eigenvalue weighted by Gasteiger charge is -2.20. The summed E-state index contributed by atoms with van der Waals surface area (Å²) in [6.45, 7) is 8.36. The molecule has 16 heteroatoms. The molecule has 0 saturated carbocycles. The van der Waals surface area contributed by atoms with E-state index in [1.165, 1.54) is 0 Å². The molecular formula is C98H58N16. The standard InChI is InChI=1S/C98H58N16/c1-100-74-44-26-43-69(55-74)75-49-54-85(113-81-50-45-70(95-105-87(61-27-10-2-11-28-61)101-88(106-95)62-29-12-3-13-30-62)56-76(81)77-57-71(46-51-82(77)113)96-107-89(63-31-14-4-15-32-63)102-90(108-96)64-33-16-5-17-34-64)80(60-99)86(75)114-83-52-47-72(97-109-91(65-35-18-6-19-36-65)103-92(110-97)66-37-20-7-21-38-66)58-78(83)79-59-73(48-53-84(79)114)98-111-93(67-39-22-8-23-40-67)104-94(112-98)68-41-24-9-25-42-68/h2-59H. The van der Waals surface area contributed by atoms with Crippen molar-refractivity contribution >= 4 is 49.3 Å².